The van der Waals surface area contributed by atoms with Gasteiger partial charge in [0.25, 0.3) is 5.91 Å². The van der Waals surface area contributed by atoms with Gasteiger partial charge >= 0.3 is 5.97 Å². The molecular formula is C30H32N2O5S. The summed E-state index contributed by atoms with van der Waals surface area (Å²) in [6, 6.07) is 13.4. The van der Waals surface area contributed by atoms with E-state index < -0.39 is 22.6 Å². The molecule has 8 heteroatoms. The van der Waals surface area contributed by atoms with Crippen molar-refractivity contribution in [3.63, 3.8) is 0 Å². The number of esters is 1. The number of anilines is 1. The summed E-state index contributed by atoms with van der Waals surface area (Å²) >= 11 is 1.57. The molecule has 6 rings (SSSR count). The molecule has 4 aliphatic rings. The largest absolute Gasteiger partial charge is 0.461 e. The van der Waals surface area contributed by atoms with Crippen LogP contribution >= 0.6 is 11.8 Å². The second-order valence-electron chi connectivity index (χ2n) is 10.5. The van der Waals surface area contributed by atoms with Crippen LogP contribution in [0.1, 0.15) is 25.7 Å². The Morgan fingerprint density at radius 3 is 2.63 bits per heavy atom. The van der Waals surface area contributed by atoms with Gasteiger partial charge in [-0.2, -0.15) is 0 Å². The molecule has 7 nitrogen and oxygen atoms in total. The number of nitrogens with zero attached hydrogens (tertiary/aromatic N) is 2. The number of aliphatic hydroxyl groups is 1. The number of benzene rings is 2. The lowest BCUT2D eigenvalue weighted by atomic mass is 9.78. The Balaban J connectivity index is 1.39. The first-order valence-corrected chi connectivity index (χ1v) is 14.3. The predicted octanol–water partition coefficient (Wildman–Crippen LogP) is 3.71. The smallest absolute Gasteiger partial charge is 0.311 e. The Kier molecular flexibility index (Phi) is 6.78. The first-order valence-electron chi connectivity index (χ1n) is 13.5. The molecule has 2 aromatic rings. The lowest BCUT2D eigenvalue weighted by Crippen LogP contribution is -2.53. The van der Waals surface area contributed by atoms with Crippen molar-refractivity contribution in [2.45, 2.75) is 41.7 Å². The van der Waals surface area contributed by atoms with E-state index in [-0.39, 0.29) is 36.2 Å². The molecule has 2 fully saturated rings. The average molecular weight is 533 g/mol. The number of hydrogen-bond acceptors (Lipinski definition) is 6. The first-order chi connectivity index (χ1) is 18.5. The van der Waals surface area contributed by atoms with Gasteiger partial charge in [-0.3, -0.25) is 14.4 Å². The van der Waals surface area contributed by atoms with Crippen LogP contribution in [0.5, 0.6) is 0 Å². The molecule has 38 heavy (non-hydrogen) atoms. The van der Waals surface area contributed by atoms with Crippen molar-refractivity contribution in [1.82, 2.24) is 4.90 Å². The highest BCUT2D eigenvalue weighted by molar-refractivity contribution is 8.02. The number of rotatable bonds is 7. The van der Waals surface area contributed by atoms with Crippen molar-refractivity contribution in [1.29, 1.82) is 0 Å². The highest BCUT2D eigenvalue weighted by Gasteiger charge is 2.71. The number of ether oxygens (including phenoxy) is 1. The summed E-state index contributed by atoms with van der Waals surface area (Å²) in [6.07, 6.45) is 11.0. The minimum Gasteiger partial charge on any atom is -0.461 e. The number of cyclic esters (lactones) is 1. The molecule has 4 heterocycles. The zero-order valence-corrected chi connectivity index (χ0v) is 22.0. The van der Waals surface area contributed by atoms with Crippen LogP contribution in [0.25, 0.3) is 10.8 Å². The van der Waals surface area contributed by atoms with Gasteiger partial charge in [-0.05, 0) is 35.7 Å². The zero-order chi connectivity index (χ0) is 26.3. The maximum absolute atomic E-state index is 14.5. The summed E-state index contributed by atoms with van der Waals surface area (Å²) in [6.45, 7) is 1.20. The fourth-order valence-corrected chi connectivity index (χ4v) is 8.53. The minimum atomic E-state index is -0.832. The molecule has 5 atom stereocenters. The van der Waals surface area contributed by atoms with Gasteiger partial charge in [0.2, 0.25) is 5.91 Å². The Bertz CT molecular complexity index is 1320. The number of likely N-dealkylation sites (tertiary alicyclic amines) is 1. The van der Waals surface area contributed by atoms with Crippen molar-refractivity contribution >= 4 is 46.0 Å². The third-order valence-corrected chi connectivity index (χ3v) is 10.0. The molecular weight excluding hydrogens is 500 g/mol. The molecule has 1 spiro atoms. The van der Waals surface area contributed by atoms with Gasteiger partial charge in [0, 0.05) is 30.6 Å². The van der Waals surface area contributed by atoms with Crippen molar-refractivity contribution in [3.05, 3.63) is 66.8 Å². The Labute approximate surface area is 226 Å². The SMILES string of the molecule is O=C1OCC=C[C@@H]2S[C@]34C=CCN(c5ccc6ccccc6c5)C(=O)C3N(CCCCCCO)C(=O)[C@@H]4[C@H]12. The summed E-state index contributed by atoms with van der Waals surface area (Å²) in [5.41, 5.74) is 0.797. The number of carbonyl (C=O) groups is 3. The average Bonchev–Trinajstić information content (AvgIpc) is 3.22. The van der Waals surface area contributed by atoms with Crippen molar-refractivity contribution < 1.29 is 24.2 Å². The van der Waals surface area contributed by atoms with Crippen LogP contribution in [0.2, 0.25) is 0 Å². The highest BCUT2D eigenvalue weighted by Crippen LogP contribution is 2.61. The summed E-state index contributed by atoms with van der Waals surface area (Å²) in [5.74, 6) is -1.87. The van der Waals surface area contributed by atoms with E-state index >= 15 is 0 Å². The van der Waals surface area contributed by atoms with Crippen molar-refractivity contribution in [3.8, 4) is 0 Å². The third kappa shape index (κ3) is 4.05. The topological polar surface area (TPSA) is 87.2 Å². The van der Waals surface area contributed by atoms with Crippen LogP contribution < -0.4 is 4.90 Å². The van der Waals surface area contributed by atoms with Gasteiger partial charge in [0.1, 0.15) is 12.6 Å². The van der Waals surface area contributed by atoms with E-state index in [0.29, 0.717) is 13.1 Å². The number of thioether (sulfide) groups is 1. The van der Waals surface area contributed by atoms with Crippen molar-refractivity contribution in [2.75, 3.05) is 31.2 Å². The number of hydrogen-bond donors (Lipinski definition) is 1. The Hall–Kier alpha value is -3.10. The number of amides is 2. The van der Waals surface area contributed by atoms with Gasteiger partial charge in [-0.1, -0.05) is 67.5 Å². The molecule has 2 amide bonds. The maximum Gasteiger partial charge on any atom is 0.311 e. The quantitative estimate of drug-likeness (QED) is 0.332. The predicted molar refractivity (Wildman–Crippen MR) is 148 cm³/mol. The van der Waals surface area contributed by atoms with Crippen LogP contribution in [-0.4, -0.2) is 70.1 Å². The van der Waals surface area contributed by atoms with Crippen LogP contribution in [0.4, 0.5) is 5.69 Å². The van der Waals surface area contributed by atoms with Gasteiger partial charge in [-0.15, -0.1) is 11.8 Å². The molecule has 0 radical (unpaired) electrons. The maximum atomic E-state index is 14.5. The molecule has 2 saturated heterocycles. The fourth-order valence-electron chi connectivity index (χ4n) is 6.53. The molecule has 1 N–H and O–H groups in total. The van der Waals surface area contributed by atoms with E-state index in [2.05, 4.69) is 0 Å². The summed E-state index contributed by atoms with van der Waals surface area (Å²) < 4.78 is 4.61. The number of aliphatic hydroxyl groups excluding tert-OH is 1. The standard InChI is InChI=1S/C30H32N2O5S/c33-17-6-2-1-5-15-32-26-28(35)31(22-13-12-20-9-3-4-10-21(20)19-22)16-8-14-30(26)25(27(32)34)24-23(38-30)11-7-18-37-29(24)36/h3-4,7-14,19,23-26,33H,1-2,5-6,15-18H2/t23-,24+,25-,26?,30-/m0/s1. The first kappa shape index (κ1) is 25.2. The molecule has 1 unspecified atom stereocenters. The normalized spacial score (nSPS) is 30.2. The van der Waals surface area contributed by atoms with E-state index in [1.54, 1.807) is 21.6 Å². The highest BCUT2D eigenvalue weighted by atomic mass is 32.2. The van der Waals surface area contributed by atoms with Gasteiger partial charge in [-0.25, -0.2) is 0 Å². The molecule has 4 aliphatic heterocycles. The molecule has 0 bridgehead atoms. The number of carbonyl (C=O) groups excluding carboxylic acids is 3. The van der Waals surface area contributed by atoms with E-state index in [9.17, 15) is 14.4 Å². The lowest BCUT2D eigenvalue weighted by Gasteiger charge is -2.35. The third-order valence-electron chi connectivity index (χ3n) is 8.27. The zero-order valence-electron chi connectivity index (χ0n) is 21.2. The van der Waals surface area contributed by atoms with Crippen LogP contribution in [0, 0.1) is 11.8 Å². The molecule has 2 aromatic carbocycles. The summed E-state index contributed by atoms with van der Waals surface area (Å²) in [5, 5.41) is 11.1. The van der Waals surface area contributed by atoms with Crippen molar-refractivity contribution in [2.24, 2.45) is 11.8 Å². The van der Waals surface area contributed by atoms with E-state index in [1.165, 1.54) is 0 Å². The molecule has 0 saturated carbocycles. The number of unbranched alkanes of at least 4 members (excludes halogenated alkanes) is 3. The van der Waals surface area contributed by atoms with E-state index in [1.807, 2.05) is 66.8 Å². The van der Waals surface area contributed by atoms with Crippen LogP contribution in [0.15, 0.2) is 66.8 Å². The van der Waals surface area contributed by atoms with Crippen LogP contribution in [-0.2, 0) is 19.1 Å². The number of fused-ring (bicyclic) bond motifs is 3. The van der Waals surface area contributed by atoms with E-state index in [0.717, 1.165) is 42.1 Å². The van der Waals surface area contributed by atoms with Gasteiger partial charge < -0.3 is 19.6 Å². The van der Waals surface area contributed by atoms with Gasteiger partial charge in [0.15, 0.2) is 0 Å². The second kappa shape index (κ2) is 10.2. The minimum absolute atomic E-state index is 0.113. The monoisotopic (exact) mass is 532 g/mol. The van der Waals surface area contributed by atoms with E-state index in [4.69, 9.17) is 9.84 Å². The molecule has 0 aromatic heterocycles. The molecule has 0 aliphatic carbocycles. The summed E-state index contributed by atoms with van der Waals surface area (Å²) in [7, 11) is 0. The Morgan fingerprint density at radius 1 is 0.974 bits per heavy atom. The molecule has 198 valence electrons. The Morgan fingerprint density at radius 2 is 1.79 bits per heavy atom. The second-order valence-corrected chi connectivity index (χ2v) is 11.9. The fraction of sp³-hybridized carbons (Fsp3) is 0.433. The van der Waals surface area contributed by atoms with Gasteiger partial charge in [0.05, 0.1) is 16.6 Å². The summed E-state index contributed by atoms with van der Waals surface area (Å²) in [4.78, 5) is 45.1. The lowest BCUT2D eigenvalue weighted by molar-refractivity contribution is -0.151. The van der Waals surface area contributed by atoms with Crippen LogP contribution in [0.3, 0.4) is 0 Å².